The molecule has 0 spiro atoms. The van der Waals surface area contributed by atoms with E-state index in [2.05, 4.69) is 29.8 Å². The zero-order valence-electron chi connectivity index (χ0n) is 12.2. The summed E-state index contributed by atoms with van der Waals surface area (Å²) >= 11 is 3.47. The Morgan fingerprint density at radius 2 is 1.86 bits per heavy atom. The molecule has 0 heterocycles. The van der Waals surface area contributed by atoms with Crippen molar-refractivity contribution >= 4 is 21.6 Å². The summed E-state index contributed by atoms with van der Waals surface area (Å²) in [7, 11) is 0. The van der Waals surface area contributed by atoms with Gasteiger partial charge in [-0.3, -0.25) is 0 Å². The van der Waals surface area contributed by atoms with E-state index in [1.54, 1.807) is 6.07 Å². The molecule has 0 radical (unpaired) electrons. The highest BCUT2D eigenvalue weighted by Gasteiger charge is 2.14. The highest BCUT2D eigenvalue weighted by atomic mass is 79.9. The first-order chi connectivity index (χ1) is 9.99. The lowest BCUT2D eigenvalue weighted by Gasteiger charge is -2.18. The van der Waals surface area contributed by atoms with Crippen LogP contribution in [0.1, 0.15) is 37.0 Å². The molecule has 1 unspecified atom stereocenters. The van der Waals surface area contributed by atoms with Gasteiger partial charge in [-0.2, -0.15) is 0 Å². The lowest BCUT2D eigenvalue weighted by molar-refractivity contribution is 0.108. The summed E-state index contributed by atoms with van der Waals surface area (Å²) in [6.45, 7) is 4.40. The molecule has 0 fully saturated rings. The van der Waals surface area contributed by atoms with Gasteiger partial charge in [0.25, 0.3) is 0 Å². The molecule has 0 aromatic heterocycles. The van der Waals surface area contributed by atoms with Crippen LogP contribution in [0.25, 0.3) is 0 Å². The molecule has 0 aliphatic heterocycles. The van der Waals surface area contributed by atoms with Crippen molar-refractivity contribution in [3.8, 4) is 5.75 Å². The number of hydrogen-bond acceptors (Lipinski definition) is 3. The van der Waals surface area contributed by atoms with Crippen LogP contribution in [0, 0.1) is 0 Å². The predicted octanol–water partition coefficient (Wildman–Crippen LogP) is 4.27. The lowest BCUT2D eigenvalue weighted by Crippen LogP contribution is -2.12. The first kappa shape index (κ1) is 15.9. The topological polar surface area (TPSA) is 55.5 Å². The number of ether oxygens (including phenoxy) is 1. The number of para-hydroxylation sites is 1. The Bertz CT molecular complexity index is 613. The van der Waals surface area contributed by atoms with Crippen LogP contribution in [0.2, 0.25) is 0 Å². The van der Waals surface area contributed by atoms with E-state index in [-0.39, 0.29) is 6.61 Å². The van der Waals surface area contributed by atoms with Gasteiger partial charge in [-0.1, -0.05) is 48.0 Å². The lowest BCUT2D eigenvalue weighted by atomic mass is 10.0. The van der Waals surface area contributed by atoms with Crippen molar-refractivity contribution in [2.45, 2.75) is 25.9 Å². The predicted molar refractivity (Wildman–Crippen MR) is 89.5 cm³/mol. The molecule has 2 aromatic carbocycles. The second kappa shape index (κ2) is 6.96. The third-order valence-corrected chi connectivity index (χ3v) is 3.84. The maximum Gasteiger partial charge on any atom is 0.122 e. The van der Waals surface area contributed by atoms with E-state index >= 15 is 0 Å². The van der Waals surface area contributed by atoms with Crippen LogP contribution in [0.4, 0.5) is 5.69 Å². The molecule has 112 valence electrons. The molecule has 4 heteroatoms. The number of anilines is 1. The fourth-order valence-corrected chi connectivity index (χ4v) is 2.55. The molecule has 2 rings (SSSR count). The van der Waals surface area contributed by atoms with Gasteiger partial charge in [-0.25, -0.2) is 0 Å². The number of hydrogen-bond donors (Lipinski definition) is 2. The Morgan fingerprint density at radius 1 is 1.14 bits per heavy atom. The molecular weight excluding hydrogens is 330 g/mol. The van der Waals surface area contributed by atoms with Gasteiger partial charge in [0.15, 0.2) is 0 Å². The standard InChI is InChI=1S/C17H20BrNO2/c1-11(2)14-9-12(18)7-8-17(14)21-10-16(20)13-5-3-4-6-15(13)19/h3-9,11,16,20H,10,19H2,1-2H3. The molecule has 0 saturated carbocycles. The fraction of sp³-hybridized carbons (Fsp3) is 0.294. The van der Waals surface area contributed by atoms with Crippen molar-refractivity contribution in [1.29, 1.82) is 0 Å². The summed E-state index contributed by atoms with van der Waals surface area (Å²) < 4.78 is 6.82. The Kier molecular flexibility index (Phi) is 5.26. The van der Waals surface area contributed by atoms with Gasteiger partial charge in [0.2, 0.25) is 0 Å². The summed E-state index contributed by atoms with van der Waals surface area (Å²) in [5, 5.41) is 10.2. The van der Waals surface area contributed by atoms with Gasteiger partial charge in [0.1, 0.15) is 18.5 Å². The Hall–Kier alpha value is -1.52. The summed E-state index contributed by atoms with van der Waals surface area (Å²) in [5.41, 5.74) is 8.25. The molecule has 2 aromatic rings. The van der Waals surface area contributed by atoms with E-state index in [1.165, 1.54) is 0 Å². The molecule has 0 aliphatic rings. The van der Waals surface area contributed by atoms with Gasteiger partial charge < -0.3 is 15.6 Å². The van der Waals surface area contributed by atoms with Crippen molar-refractivity contribution in [2.75, 3.05) is 12.3 Å². The monoisotopic (exact) mass is 349 g/mol. The van der Waals surface area contributed by atoms with Gasteiger partial charge in [0, 0.05) is 15.7 Å². The van der Waals surface area contributed by atoms with Crippen LogP contribution in [0.15, 0.2) is 46.9 Å². The van der Waals surface area contributed by atoms with Gasteiger partial charge in [-0.15, -0.1) is 0 Å². The Morgan fingerprint density at radius 3 is 2.52 bits per heavy atom. The van der Waals surface area contributed by atoms with E-state index in [0.29, 0.717) is 17.2 Å². The largest absolute Gasteiger partial charge is 0.490 e. The first-order valence-electron chi connectivity index (χ1n) is 6.93. The molecule has 0 aliphatic carbocycles. The first-order valence-corrected chi connectivity index (χ1v) is 7.73. The van der Waals surface area contributed by atoms with E-state index in [1.807, 2.05) is 36.4 Å². The van der Waals surface area contributed by atoms with Crippen molar-refractivity contribution in [3.05, 3.63) is 58.1 Å². The molecule has 0 saturated heterocycles. The van der Waals surface area contributed by atoms with Gasteiger partial charge in [-0.05, 0) is 35.7 Å². The quantitative estimate of drug-likeness (QED) is 0.792. The van der Waals surface area contributed by atoms with Crippen molar-refractivity contribution in [3.63, 3.8) is 0 Å². The smallest absolute Gasteiger partial charge is 0.122 e. The fourth-order valence-electron chi connectivity index (χ4n) is 2.17. The van der Waals surface area contributed by atoms with Crippen LogP contribution in [-0.4, -0.2) is 11.7 Å². The number of aliphatic hydroxyl groups excluding tert-OH is 1. The Labute approximate surface area is 133 Å². The van der Waals surface area contributed by atoms with E-state index in [4.69, 9.17) is 10.5 Å². The third kappa shape index (κ3) is 3.99. The van der Waals surface area contributed by atoms with Crippen LogP contribution < -0.4 is 10.5 Å². The average molecular weight is 350 g/mol. The molecular formula is C17H20BrNO2. The SMILES string of the molecule is CC(C)c1cc(Br)ccc1OCC(O)c1ccccc1N. The summed E-state index contributed by atoms with van der Waals surface area (Å²) in [5.74, 6) is 1.14. The Balaban J connectivity index is 2.11. The normalized spacial score (nSPS) is 12.4. The zero-order valence-corrected chi connectivity index (χ0v) is 13.8. The van der Waals surface area contributed by atoms with Gasteiger partial charge in [0.05, 0.1) is 0 Å². The second-order valence-corrected chi connectivity index (χ2v) is 6.21. The van der Waals surface area contributed by atoms with E-state index in [9.17, 15) is 5.11 Å². The zero-order chi connectivity index (χ0) is 15.4. The summed E-state index contributed by atoms with van der Waals surface area (Å²) in [6.07, 6.45) is -0.741. The summed E-state index contributed by atoms with van der Waals surface area (Å²) in [6, 6.07) is 13.2. The highest BCUT2D eigenvalue weighted by molar-refractivity contribution is 9.10. The molecule has 1 atom stereocenters. The highest BCUT2D eigenvalue weighted by Crippen LogP contribution is 2.30. The third-order valence-electron chi connectivity index (χ3n) is 3.35. The van der Waals surface area contributed by atoms with E-state index in [0.717, 1.165) is 15.8 Å². The maximum absolute atomic E-state index is 10.2. The van der Waals surface area contributed by atoms with Crippen LogP contribution in [0.5, 0.6) is 5.75 Å². The number of aliphatic hydroxyl groups is 1. The van der Waals surface area contributed by atoms with Crippen molar-refractivity contribution < 1.29 is 9.84 Å². The van der Waals surface area contributed by atoms with Crippen LogP contribution >= 0.6 is 15.9 Å². The number of benzene rings is 2. The minimum atomic E-state index is -0.741. The number of rotatable bonds is 5. The van der Waals surface area contributed by atoms with E-state index < -0.39 is 6.10 Å². The summed E-state index contributed by atoms with van der Waals surface area (Å²) in [4.78, 5) is 0. The maximum atomic E-state index is 10.2. The molecule has 3 nitrogen and oxygen atoms in total. The van der Waals surface area contributed by atoms with Crippen molar-refractivity contribution in [1.82, 2.24) is 0 Å². The molecule has 0 amide bonds. The van der Waals surface area contributed by atoms with Crippen LogP contribution in [0.3, 0.4) is 0 Å². The average Bonchev–Trinajstić information content (AvgIpc) is 2.46. The minimum absolute atomic E-state index is 0.176. The van der Waals surface area contributed by atoms with Crippen LogP contribution in [-0.2, 0) is 0 Å². The second-order valence-electron chi connectivity index (χ2n) is 5.29. The number of nitrogens with two attached hydrogens (primary N) is 1. The molecule has 21 heavy (non-hydrogen) atoms. The number of nitrogen functional groups attached to an aromatic ring is 1. The van der Waals surface area contributed by atoms with Gasteiger partial charge >= 0.3 is 0 Å². The molecule has 3 N–H and O–H groups in total. The van der Waals surface area contributed by atoms with Crippen molar-refractivity contribution in [2.24, 2.45) is 0 Å². The number of halogens is 1. The minimum Gasteiger partial charge on any atom is -0.490 e. The molecule has 0 bridgehead atoms.